The number of fused-ring (bicyclic) bond motifs is 1. The second-order valence-electron chi connectivity index (χ2n) is 4.47. The molecule has 0 unspecified atom stereocenters. The minimum atomic E-state index is -1.29. The summed E-state index contributed by atoms with van der Waals surface area (Å²) in [7, 11) is 0. The lowest BCUT2D eigenvalue weighted by Gasteiger charge is -2.29. The number of hydrogen-bond donors (Lipinski definition) is 0. The van der Waals surface area contributed by atoms with Crippen molar-refractivity contribution in [2.24, 2.45) is 0 Å². The summed E-state index contributed by atoms with van der Waals surface area (Å²) in [6.45, 7) is 1.05. The number of hydrogen-bond acceptors (Lipinski definition) is 4. The van der Waals surface area contributed by atoms with E-state index in [2.05, 4.69) is 15.1 Å². The Hall–Kier alpha value is -1.27. The average molecular weight is 271 g/mol. The number of alkyl halides is 1. The summed E-state index contributed by atoms with van der Waals surface area (Å²) < 4.78 is 21.2. The van der Waals surface area contributed by atoms with Gasteiger partial charge in [-0.25, -0.2) is 19.0 Å². The molecule has 0 saturated carbocycles. The van der Waals surface area contributed by atoms with E-state index in [1.54, 1.807) is 6.20 Å². The highest BCUT2D eigenvalue weighted by atomic mass is 35.5. The summed E-state index contributed by atoms with van der Waals surface area (Å²) in [5.74, 6) is 0. The Morgan fingerprint density at radius 3 is 2.94 bits per heavy atom. The summed E-state index contributed by atoms with van der Waals surface area (Å²) in [5.41, 5.74) is -0.151. The van der Waals surface area contributed by atoms with Crippen molar-refractivity contribution < 1.29 is 9.13 Å². The van der Waals surface area contributed by atoms with Crippen LogP contribution in [0.2, 0.25) is 5.15 Å². The van der Waals surface area contributed by atoms with Crippen molar-refractivity contribution >= 4 is 22.8 Å². The Morgan fingerprint density at radius 1 is 1.39 bits per heavy atom. The standard InChI is InChI=1S/C11H12ClFN4O/c12-9-6-14-8-5-15-17(10(8)16-9)7-11(13)1-3-18-4-2-11/h5-6H,1-4,7H2. The summed E-state index contributed by atoms with van der Waals surface area (Å²) in [5, 5.41) is 4.41. The third kappa shape index (κ3) is 2.18. The predicted octanol–water partition coefficient (Wildman–Crippen LogP) is 2.00. The van der Waals surface area contributed by atoms with Crippen LogP contribution in [-0.4, -0.2) is 38.6 Å². The van der Waals surface area contributed by atoms with Crippen LogP contribution >= 0.6 is 11.6 Å². The molecule has 0 N–H and O–H groups in total. The molecule has 3 heterocycles. The molecule has 0 amide bonds. The van der Waals surface area contributed by atoms with Gasteiger partial charge in [-0.2, -0.15) is 5.10 Å². The first-order valence-electron chi connectivity index (χ1n) is 5.77. The molecule has 7 heteroatoms. The first kappa shape index (κ1) is 11.8. The molecule has 1 saturated heterocycles. The van der Waals surface area contributed by atoms with E-state index in [-0.39, 0.29) is 11.7 Å². The topological polar surface area (TPSA) is 52.8 Å². The number of aromatic nitrogens is 4. The Kier molecular flexibility index (Phi) is 2.91. The van der Waals surface area contributed by atoms with Crippen molar-refractivity contribution in [1.29, 1.82) is 0 Å². The molecule has 1 fully saturated rings. The van der Waals surface area contributed by atoms with Gasteiger partial charge in [-0.1, -0.05) is 11.6 Å². The largest absolute Gasteiger partial charge is 0.381 e. The normalized spacial score (nSPS) is 19.2. The second-order valence-corrected chi connectivity index (χ2v) is 4.85. The molecule has 1 aliphatic rings. The lowest BCUT2D eigenvalue weighted by atomic mass is 9.97. The van der Waals surface area contributed by atoms with Crippen LogP contribution in [0.25, 0.3) is 11.2 Å². The Morgan fingerprint density at radius 2 is 2.17 bits per heavy atom. The van der Waals surface area contributed by atoms with Crippen molar-refractivity contribution in [3.8, 4) is 0 Å². The maximum absolute atomic E-state index is 14.5. The summed E-state index contributed by atoms with van der Waals surface area (Å²) in [6, 6.07) is 0. The third-order valence-corrected chi connectivity index (χ3v) is 3.32. The van der Waals surface area contributed by atoms with Crippen molar-refractivity contribution in [2.45, 2.75) is 25.1 Å². The van der Waals surface area contributed by atoms with Gasteiger partial charge in [0.05, 0.1) is 18.9 Å². The summed E-state index contributed by atoms with van der Waals surface area (Å²) in [6.07, 6.45) is 3.78. The zero-order valence-electron chi connectivity index (χ0n) is 9.64. The molecule has 0 aromatic carbocycles. The molecule has 0 bridgehead atoms. The minimum absolute atomic E-state index is 0.162. The van der Waals surface area contributed by atoms with E-state index in [1.807, 2.05) is 0 Å². The highest BCUT2D eigenvalue weighted by Crippen LogP contribution is 2.28. The number of nitrogens with zero attached hydrogens (tertiary/aromatic N) is 4. The molecule has 3 rings (SSSR count). The molecule has 5 nitrogen and oxygen atoms in total. The molecule has 18 heavy (non-hydrogen) atoms. The molecule has 0 spiro atoms. The van der Waals surface area contributed by atoms with Crippen molar-refractivity contribution in [3.63, 3.8) is 0 Å². The third-order valence-electron chi connectivity index (χ3n) is 3.14. The van der Waals surface area contributed by atoms with Crippen LogP contribution in [0, 0.1) is 0 Å². The first-order chi connectivity index (χ1) is 8.66. The van der Waals surface area contributed by atoms with E-state index in [4.69, 9.17) is 16.3 Å². The lowest BCUT2D eigenvalue weighted by molar-refractivity contribution is -0.0188. The SMILES string of the molecule is FC1(Cn2ncc3ncc(Cl)nc32)CCOCC1. The van der Waals surface area contributed by atoms with Crippen LogP contribution in [0.4, 0.5) is 4.39 Å². The Bertz CT molecular complexity index is 567. The quantitative estimate of drug-likeness (QED) is 0.838. The second kappa shape index (κ2) is 4.44. The van der Waals surface area contributed by atoms with Crippen molar-refractivity contribution in [1.82, 2.24) is 19.7 Å². The number of halogens is 2. The monoisotopic (exact) mass is 270 g/mol. The predicted molar refractivity (Wildman–Crippen MR) is 64.2 cm³/mol. The smallest absolute Gasteiger partial charge is 0.178 e. The molecule has 96 valence electrons. The van der Waals surface area contributed by atoms with Crippen LogP contribution in [0.5, 0.6) is 0 Å². The molecule has 2 aromatic heterocycles. The van der Waals surface area contributed by atoms with Gasteiger partial charge in [0.1, 0.15) is 16.3 Å². The van der Waals surface area contributed by atoms with E-state index in [0.717, 1.165) is 0 Å². The van der Waals surface area contributed by atoms with Crippen LogP contribution < -0.4 is 0 Å². The van der Waals surface area contributed by atoms with E-state index >= 15 is 0 Å². The van der Waals surface area contributed by atoms with Crippen LogP contribution in [0.3, 0.4) is 0 Å². The van der Waals surface area contributed by atoms with Gasteiger partial charge in [-0.05, 0) is 0 Å². The highest BCUT2D eigenvalue weighted by Gasteiger charge is 2.33. The van der Waals surface area contributed by atoms with Gasteiger partial charge >= 0.3 is 0 Å². The van der Waals surface area contributed by atoms with E-state index < -0.39 is 5.67 Å². The van der Waals surface area contributed by atoms with Gasteiger partial charge in [0.15, 0.2) is 5.65 Å². The molecular formula is C11H12ClFN4O. The van der Waals surface area contributed by atoms with E-state index in [9.17, 15) is 4.39 Å². The fourth-order valence-corrected chi connectivity index (χ4v) is 2.24. The van der Waals surface area contributed by atoms with Gasteiger partial charge < -0.3 is 4.74 Å². The lowest BCUT2D eigenvalue weighted by Crippen LogP contribution is -2.36. The van der Waals surface area contributed by atoms with E-state index in [0.29, 0.717) is 37.2 Å². The molecule has 0 atom stereocenters. The van der Waals surface area contributed by atoms with Crippen LogP contribution in [-0.2, 0) is 11.3 Å². The summed E-state index contributed by atoms with van der Waals surface area (Å²) in [4.78, 5) is 8.23. The minimum Gasteiger partial charge on any atom is -0.381 e. The van der Waals surface area contributed by atoms with Gasteiger partial charge in [0, 0.05) is 26.1 Å². The molecule has 2 aromatic rings. The summed E-state index contributed by atoms with van der Waals surface area (Å²) >= 11 is 5.80. The first-order valence-corrected chi connectivity index (χ1v) is 6.15. The number of rotatable bonds is 2. The van der Waals surface area contributed by atoms with Gasteiger partial charge in [-0.3, -0.25) is 0 Å². The molecular weight excluding hydrogens is 259 g/mol. The molecule has 0 radical (unpaired) electrons. The Balaban J connectivity index is 1.92. The zero-order chi connectivity index (χ0) is 12.6. The van der Waals surface area contributed by atoms with Crippen LogP contribution in [0.1, 0.15) is 12.8 Å². The van der Waals surface area contributed by atoms with Gasteiger partial charge in [0.2, 0.25) is 0 Å². The number of ether oxygens (including phenoxy) is 1. The molecule has 0 aliphatic carbocycles. The molecule has 1 aliphatic heterocycles. The van der Waals surface area contributed by atoms with Gasteiger partial charge in [0.25, 0.3) is 0 Å². The van der Waals surface area contributed by atoms with Crippen molar-refractivity contribution in [2.75, 3.05) is 13.2 Å². The average Bonchev–Trinajstić information content (AvgIpc) is 2.72. The van der Waals surface area contributed by atoms with Crippen LogP contribution in [0.15, 0.2) is 12.4 Å². The van der Waals surface area contributed by atoms with Gasteiger partial charge in [-0.15, -0.1) is 0 Å². The zero-order valence-corrected chi connectivity index (χ0v) is 10.4. The maximum Gasteiger partial charge on any atom is 0.178 e. The highest BCUT2D eigenvalue weighted by molar-refractivity contribution is 6.29. The fraction of sp³-hybridized carbons (Fsp3) is 0.545. The van der Waals surface area contributed by atoms with Crippen molar-refractivity contribution in [3.05, 3.63) is 17.5 Å². The maximum atomic E-state index is 14.5. The van der Waals surface area contributed by atoms with E-state index in [1.165, 1.54) is 10.9 Å². The fourth-order valence-electron chi connectivity index (χ4n) is 2.11. The Labute approximate surface area is 108 Å².